The molecule has 0 saturated carbocycles. The minimum absolute atomic E-state index is 0.0691. The van der Waals surface area contributed by atoms with Gasteiger partial charge >= 0.3 is 5.97 Å². The number of esters is 1. The topological polar surface area (TPSA) is 51.1 Å². The molecule has 1 atom stereocenters. The zero-order chi connectivity index (χ0) is 14.4. The Kier molecular flexibility index (Phi) is 3.04. The summed E-state index contributed by atoms with van der Waals surface area (Å²) in [6, 6.07) is 6.19. The normalized spacial score (nSPS) is 27.8. The van der Waals surface area contributed by atoms with Gasteiger partial charge in [-0.3, -0.25) is 0 Å². The van der Waals surface area contributed by atoms with E-state index in [2.05, 4.69) is 26.9 Å². The highest BCUT2D eigenvalue weighted by Gasteiger charge is 2.44. The number of fused-ring (bicyclic) bond motifs is 2. The molecule has 0 amide bonds. The van der Waals surface area contributed by atoms with E-state index in [9.17, 15) is 4.79 Å². The molecule has 1 aromatic carbocycles. The number of rotatable bonds is 0. The van der Waals surface area contributed by atoms with E-state index >= 15 is 0 Å². The van der Waals surface area contributed by atoms with Gasteiger partial charge in [0.25, 0.3) is 0 Å². The van der Waals surface area contributed by atoms with Crippen molar-refractivity contribution in [1.29, 1.82) is 0 Å². The molecule has 0 bridgehead atoms. The van der Waals surface area contributed by atoms with Crippen LogP contribution in [0.5, 0.6) is 0 Å². The second-order valence-electron chi connectivity index (χ2n) is 5.65. The fourth-order valence-corrected chi connectivity index (χ4v) is 3.49. The van der Waals surface area contributed by atoms with Gasteiger partial charge in [0.05, 0.1) is 5.69 Å². The Balaban J connectivity index is 1.62. The number of amidine groups is 1. The van der Waals surface area contributed by atoms with Crippen molar-refractivity contribution in [3.8, 4) is 0 Å². The van der Waals surface area contributed by atoms with Gasteiger partial charge in [-0.2, -0.15) is 0 Å². The molecule has 3 heterocycles. The Morgan fingerprint density at radius 1 is 1.33 bits per heavy atom. The third kappa shape index (κ3) is 2.36. The van der Waals surface area contributed by atoms with Gasteiger partial charge in [-0.15, -0.1) is 0 Å². The van der Waals surface area contributed by atoms with Crippen LogP contribution in [0.2, 0.25) is 0 Å². The minimum Gasteiger partial charge on any atom is -0.431 e. The fraction of sp³-hybridized carbons (Fsp3) is 0.467. The molecule has 2 fully saturated rings. The van der Waals surface area contributed by atoms with Crippen LogP contribution in [0.4, 0.5) is 5.69 Å². The van der Waals surface area contributed by atoms with Crippen molar-refractivity contribution in [2.45, 2.75) is 31.6 Å². The van der Waals surface area contributed by atoms with Crippen LogP contribution >= 0.6 is 15.9 Å². The van der Waals surface area contributed by atoms with Crippen LogP contribution in [-0.2, 0) is 20.8 Å². The lowest BCUT2D eigenvalue weighted by atomic mass is 10.1. The summed E-state index contributed by atoms with van der Waals surface area (Å²) in [5, 5.41) is 0. The van der Waals surface area contributed by atoms with Gasteiger partial charge in [0.2, 0.25) is 5.79 Å². The van der Waals surface area contributed by atoms with Gasteiger partial charge in [-0.05, 0) is 17.7 Å². The van der Waals surface area contributed by atoms with E-state index in [0.29, 0.717) is 12.8 Å². The highest BCUT2D eigenvalue weighted by Crippen LogP contribution is 2.36. The maximum absolute atomic E-state index is 11.4. The molecule has 2 saturated heterocycles. The second kappa shape index (κ2) is 4.81. The first-order valence-corrected chi connectivity index (χ1v) is 7.90. The average Bonchev–Trinajstić information content (AvgIpc) is 2.75. The quantitative estimate of drug-likeness (QED) is 0.675. The highest BCUT2D eigenvalue weighted by molar-refractivity contribution is 9.10. The summed E-state index contributed by atoms with van der Waals surface area (Å²) >= 11 is 3.49. The molecule has 5 nitrogen and oxygen atoms in total. The van der Waals surface area contributed by atoms with Crippen molar-refractivity contribution in [3.63, 3.8) is 0 Å². The Hall–Kier alpha value is -1.40. The van der Waals surface area contributed by atoms with Crippen LogP contribution in [0, 0.1) is 0 Å². The lowest BCUT2D eigenvalue weighted by Crippen LogP contribution is -2.34. The lowest BCUT2D eigenvalue weighted by Gasteiger charge is -2.29. The van der Waals surface area contributed by atoms with E-state index < -0.39 is 5.79 Å². The second-order valence-corrected chi connectivity index (χ2v) is 6.56. The van der Waals surface area contributed by atoms with Crippen molar-refractivity contribution in [3.05, 3.63) is 28.2 Å². The molecule has 0 N–H and O–H groups in total. The molecule has 3 aliphatic rings. The van der Waals surface area contributed by atoms with Crippen LogP contribution in [0.25, 0.3) is 0 Å². The molecule has 3 aliphatic heterocycles. The molecule has 4 rings (SSSR count). The fourth-order valence-electron chi connectivity index (χ4n) is 3.14. The highest BCUT2D eigenvalue weighted by atomic mass is 79.9. The van der Waals surface area contributed by atoms with E-state index in [-0.39, 0.29) is 12.6 Å². The summed E-state index contributed by atoms with van der Waals surface area (Å²) in [7, 11) is 0. The van der Waals surface area contributed by atoms with Gasteiger partial charge in [0, 0.05) is 36.8 Å². The first-order chi connectivity index (χ1) is 10.1. The van der Waals surface area contributed by atoms with Crippen LogP contribution in [0.1, 0.15) is 24.8 Å². The van der Waals surface area contributed by atoms with Gasteiger partial charge in [0.1, 0.15) is 12.4 Å². The Morgan fingerprint density at radius 3 is 3.05 bits per heavy atom. The first kappa shape index (κ1) is 13.3. The predicted molar refractivity (Wildman–Crippen MR) is 80.3 cm³/mol. The predicted octanol–water partition coefficient (Wildman–Crippen LogP) is 2.75. The molecule has 110 valence electrons. The molecular weight excluding hydrogens is 336 g/mol. The smallest absolute Gasteiger partial charge is 0.334 e. The summed E-state index contributed by atoms with van der Waals surface area (Å²) in [5.41, 5.74) is 2.25. The third-order valence-corrected chi connectivity index (χ3v) is 4.76. The zero-order valence-electron chi connectivity index (χ0n) is 11.5. The van der Waals surface area contributed by atoms with Gasteiger partial charge in [-0.25, -0.2) is 9.79 Å². The first-order valence-electron chi connectivity index (χ1n) is 7.10. The number of carbonyl (C=O) groups is 1. The minimum atomic E-state index is -0.732. The number of benzene rings is 1. The molecule has 6 heteroatoms. The van der Waals surface area contributed by atoms with Gasteiger partial charge < -0.3 is 14.4 Å². The third-order valence-electron chi connectivity index (χ3n) is 4.27. The number of ether oxygens (including phenoxy) is 2. The molecule has 1 aromatic rings. The number of hydrogen-bond acceptors (Lipinski definition) is 5. The molecule has 0 radical (unpaired) electrons. The summed E-state index contributed by atoms with van der Waals surface area (Å²) in [5.74, 6) is 0.0667. The van der Waals surface area contributed by atoms with E-state index in [0.717, 1.165) is 35.5 Å². The van der Waals surface area contributed by atoms with Crippen LogP contribution < -0.4 is 0 Å². The molecule has 1 unspecified atom stereocenters. The number of aliphatic imine (C=N–C) groups is 1. The molecule has 0 aromatic heterocycles. The molecule has 21 heavy (non-hydrogen) atoms. The summed E-state index contributed by atoms with van der Waals surface area (Å²) < 4.78 is 12.1. The van der Waals surface area contributed by atoms with Crippen molar-refractivity contribution in [2.75, 3.05) is 13.2 Å². The van der Waals surface area contributed by atoms with Crippen LogP contribution in [0.15, 0.2) is 27.7 Å². The van der Waals surface area contributed by atoms with E-state index in [1.54, 1.807) is 0 Å². The van der Waals surface area contributed by atoms with Crippen molar-refractivity contribution in [1.82, 2.24) is 4.90 Å². The number of carbonyl (C=O) groups excluding carboxylic acids is 1. The summed E-state index contributed by atoms with van der Waals surface area (Å²) in [6.45, 7) is 1.72. The van der Waals surface area contributed by atoms with Crippen molar-refractivity contribution < 1.29 is 14.3 Å². The SMILES string of the molecule is O=C1COC2(CCC3=Nc4cc(Br)ccc4CN3CC2)O1. The van der Waals surface area contributed by atoms with Gasteiger partial charge in [-0.1, -0.05) is 22.0 Å². The van der Waals surface area contributed by atoms with Gasteiger partial charge in [0.15, 0.2) is 0 Å². The summed E-state index contributed by atoms with van der Waals surface area (Å²) in [6.07, 6.45) is 2.14. The zero-order valence-corrected chi connectivity index (χ0v) is 13.1. The van der Waals surface area contributed by atoms with E-state index in [1.165, 1.54) is 5.56 Å². The monoisotopic (exact) mass is 350 g/mol. The largest absolute Gasteiger partial charge is 0.431 e. The molecular formula is C15H15BrN2O3. The van der Waals surface area contributed by atoms with E-state index in [1.807, 2.05) is 12.1 Å². The Morgan fingerprint density at radius 2 is 2.24 bits per heavy atom. The molecule has 0 aliphatic carbocycles. The Labute approximate surface area is 131 Å². The van der Waals surface area contributed by atoms with Crippen molar-refractivity contribution in [2.24, 2.45) is 4.99 Å². The number of hydrogen-bond donors (Lipinski definition) is 0. The van der Waals surface area contributed by atoms with Crippen LogP contribution in [-0.4, -0.2) is 35.6 Å². The molecule has 1 spiro atoms. The number of halogens is 1. The Bertz CT molecular complexity index is 646. The van der Waals surface area contributed by atoms with E-state index in [4.69, 9.17) is 14.5 Å². The maximum Gasteiger partial charge on any atom is 0.334 e. The average molecular weight is 351 g/mol. The van der Waals surface area contributed by atoms with Crippen LogP contribution in [0.3, 0.4) is 0 Å². The standard InChI is InChI=1S/C15H15BrN2O3/c16-11-2-1-10-8-18-6-5-15(20-9-14(19)21-15)4-3-13(18)17-12(10)7-11/h1-2,7H,3-6,8-9H2. The maximum atomic E-state index is 11.4. The lowest BCUT2D eigenvalue weighted by molar-refractivity contribution is -0.177. The van der Waals surface area contributed by atoms with Crippen molar-refractivity contribution >= 4 is 33.4 Å². The number of nitrogens with zero attached hydrogens (tertiary/aromatic N) is 2. The summed E-state index contributed by atoms with van der Waals surface area (Å²) in [4.78, 5) is 18.4.